The first kappa shape index (κ1) is 13.1. The van der Waals surface area contributed by atoms with Crippen molar-refractivity contribution in [3.8, 4) is 0 Å². The lowest BCUT2D eigenvalue weighted by Crippen LogP contribution is -2.00. The normalized spacial score (nSPS) is 10.9. The van der Waals surface area contributed by atoms with Crippen LogP contribution in [0, 0.1) is 13.8 Å². The fourth-order valence-electron chi connectivity index (χ4n) is 2.36. The largest absolute Gasteiger partial charge is 0.360 e. The first-order chi connectivity index (χ1) is 9.56. The summed E-state index contributed by atoms with van der Waals surface area (Å²) in [7, 11) is 0. The highest BCUT2D eigenvalue weighted by Gasteiger charge is 2.14. The minimum atomic E-state index is 0.0532. The van der Waals surface area contributed by atoms with Crippen molar-refractivity contribution in [3.05, 3.63) is 69.3 Å². The lowest BCUT2D eigenvalue weighted by Gasteiger charge is -2.03. The zero-order valence-electron chi connectivity index (χ0n) is 11.3. The van der Waals surface area contributed by atoms with Crippen LogP contribution in [-0.4, -0.2) is 10.8 Å². The van der Waals surface area contributed by atoms with Crippen LogP contribution in [0.1, 0.15) is 27.0 Å². The summed E-state index contributed by atoms with van der Waals surface area (Å²) in [6.07, 6.45) is 1.80. The Morgan fingerprint density at radius 3 is 2.65 bits per heavy atom. The van der Waals surface area contributed by atoms with E-state index < -0.39 is 0 Å². The number of fused-ring (bicyclic) bond motifs is 1. The predicted molar refractivity (Wildman–Crippen MR) is 85.3 cm³/mol. The molecule has 1 N–H and O–H groups in total. The highest BCUT2D eigenvalue weighted by Crippen LogP contribution is 2.24. The molecule has 100 valence electrons. The zero-order chi connectivity index (χ0) is 14.3. The van der Waals surface area contributed by atoms with Crippen LogP contribution < -0.4 is 0 Å². The van der Waals surface area contributed by atoms with Crippen molar-refractivity contribution >= 4 is 32.6 Å². The number of aromatic amines is 1. The average molecular weight is 328 g/mol. The van der Waals surface area contributed by atoms with E-state index in [0.717, 1.165) is 32.1 Å². The maximum absolute atomic E-state index is 12.7. The Balaban J connectivity index is 2.12. The summed E-state index contributed by atoms with van der Waals surface area (Å²) in [6, 6.07) is 11.8. The number of benzene rings is 2. The van der Waals surface area contributed by atoms with Crippen molar-refractivity contribution in [2.75, 3.05) is 0 Å². The standard InChI is InChI=1S/C17H14BrNO/c1-10-3-6-16-13(7-10)14(9-19-16)17(20)12-4-5-15(18)11(2)8-12/h3-9,19H,1-2H3. The Morgan fingerprint density at radius 2 is 1.90 bits per heavy atom. The third-order valence-corrected chi connectivity index (χ3v) is 4.39. The van der Waals surface area contributed by atoms with Crippen LogP contribution in [-0.2, 0) is 0 Å². The summed E-state index contributed by atoms with van der Waals surface area (Å²) < 4.78 is 1.02. The molecule has 1 aromatic heterocycles. The number of ketones is 1. The highest BCUT2D eigenvalue weighted by atomic mass is 79.9. The van der Waals surface area contributed by atoms with Crippen LogP contribution >= 0.6 is 15.9 Å². The number of hydrogen-bond donors (Lipinski definition) is 1. The van der Waals surface area contributed by atoms with Gasteiger partial charge in [0.1, 0.15) is 0 Å². The van der Waals surface area contributed by atoms with E-state index in [-0.39, 0.29) is 5.78 Å². The molecule has 0 saturated carbocycles. The van der Waals surface area contributed by atoms with Crippen LogP contribution in [0.3, 0.4) is 0 Å². The van der Waals surface area contributed by atoms with E-state index in [1.165, 1.54) is 0 Å². The topological polar surface area (TPSA) is 32.9 Å². The second-order valence-corrected chi connectivity index (χ2v) is 5.90. The third-order valence-electron chi connectivity index (χ3n) is 3.50. The lowest BCUT2D eigenvalue weighted by molar-refractivity contribution is 0.104. The van der Waals surface area contributed by atoms with Crippen molar-refractivity contribution in [2.45, 2.75) is 13.8 Å². The first-order valence-corrected chi connectivity index (χ1v) is 7.24. The summed E-state index contributed by atoms with van der Waals surface area (Å²) >= 11 is 3.46. The van der Waals surface area contributed by atoms with Gasteiger partial charge in [0.2, 0.25) is 0 Å². The van der Waals surface area contributed by atoms with Crippen molar-refractivity contribution in [2.24, 2.45) is 0 Å². The molecule has 3 heteroatoms. The van der Waals surface area contributed by atoms with Gasteiger partial charge in [-0.25, -0.2) is 0 Å². The zero-order valence-corrected chi connectivity index (χ0v) is 12.9. The van der Waals surface area contributed by atoms with Gasteiger partial charge in [-0.3, -0.25) is 4.79 Å². The maximum atomic E-state index is 12.7. The first-order valence-electron chi connectivity index (χ1n) is 6.45. The van der Waals surface area contributed by atoms with Crippen LogP contribution in [0.25, 0.3) is 10.9 Å². The molecule has 0 unspecified atom stereocenters. The van der Waals surface area contributed by atoms with Gasteiger partial charge in [-0.1, -0.05) is 27.6 Å². The van der Waals surface area contributed by atoms with Crippen molar-refractivity contribution in [1.29, 1.82) is 0 Å². The molecule has 0 spiro atoms. The van der Waals surface area contributed by atoms with Crippen LogP contribution in [0.5, 0.6) is 0 Å². The van der Waals surface area contributed by atoms with E-state index in [0.29, 0.717) is 5.56 Å². The molecule has 0 aliphatic rings. The van der Waals surface area contributed by atoms with Gasteiger partial charge in [0, 0.05) is 32.7 Å². The van der Waals surface area contributed by atoms with Gasteiger partial charge in [-0.2, -0.15) is 0 Å². The Hall–Kier alpha value is -1.87. The Bertz CT molecular complexity index is 817. The number of carbonyl (C=O) groups excluding carboxylic acids is 1. The second kappa shape index (κ2) is 4.91. The SMILES string of the molecule is Cc1ccc2[nH]cc(C(=O)c3ccc(Br)c(C)c3)c2c1. The Kier molecular flexibility index (Phi) is 3.22. The van der Waals surface area contributed by atoms with Gasteiger partial charge in [-0.05, 0) is 49.7 Å². The lowest BCUT2D eigenvalue weighted by atomic mass is 10.0. The van der Waals surface area contributed by atoms with Crippen LogP contribution in [0.15, 0.2) is 47.1 Å². The summed E-state index contributed by atoms with van der Waals surface area (Å²) in [5, 5.41) is 0.982. The molecule has 0 fully saturated rings. The Morgan fingerprint density at radius 1 is 1.10 bits per heavy atom. The molecule has 0 saturated heterocycles. The van der Waals surface area contributed by atoms with Gasteiger partial charge in [0.25, 0.3) is 0 Å². The van der Waals surface area contributed by atoms with Gasteiger partial charge in [0.15, 0.2) is 5.78 Å². The summed E-state index contributed by atoms with van der Waals surface area (Å²) in [6.45, 7) is 4.02. The van der Waals surface area contributed by atoms with E-state index in [9.17, 15) is 4.79 Å². The minimum absolute atomic E-state index is 0.0532. The number of hydrogen-bond acceptors (Lipinski definition) is 1. The molecule has 0 amide bonds. The predicted octanol–water partition coefficient (Wildman–Crippen LogP) is 4.78. The fourth-order valence-corrected chi connectivity index (χ4v) is 2.61. The molecule has 3 rings (SSSR count). The second-order valence-electron chi connectivity index (χ2n) is 5.04. The van der Waals surface area contributed by atoms with Gasteiger partial charge in [0.05, 0.1) is 0 Å². The maximum Gasteiger partial charge on any atom is 0.195 e. The summed E-state index contributed by atoms with van der Waals surface area (Å²) in [5.41, 5.74) is 4.65. The van der Waals surface area contributed by atoms with E-state index in [1.807, 2.05) is 50.2 Å². The number of carbonyl (C=O) groups is 1. The van der Waals surface area contributed by atoms with Gasteiger partial charge >= 0.3 is 0 Å². The molecule has 0 bridgehead atoms. The fraction of sp³-hybridized carbons (Fsp3) is 0.118. The molecule has 0 radical (unpaired) electrons. The average Bonchev–Trinajstić information content (AvgIpc) is 2.84. The number of H-pyrrole nitrogens is 1. The van der Waals surface area contributed by atoms with Crippen LogP contribution in [0.4, 0.5) is 0 Å². The molecule has 2 nitrogen and oxygen atoms in total. The monoisotopic (exact) mass is 327 g/mol. The van der Waals surface area contributed by atoms with Crippen LogP contribution in [0.2, 0.25) is 0 Å². The van der Waals surface area contributed by atoms with Crippen molar-refractivity contribution < 1.29 is 4.79 Å². The molecular formula is C17H14BrNO. The molecule has 3 aromatic rings. The molecule has 0 aliphatic heterocycles. The van der Waals surface area contributed by atoms with Gasteiger partial charge in [-0.15, -0.1) is 0 Å². The van der Waals surface area contributed by atoms with E-state index in [2.05, 4.69) is 20.9 Å². The number of rotatable bonds is 2. The highest BCUT2D eigenvalue weighted by molar-refractivity contribution is 9.10. The molecule has 2 aromatic carbocycles. The van der Waals surface area contributed by atoms with E-state index in [4.69, 9.17) is 0 Å². The van der Waals surface area contributed by atoms with E-state index in [1.54, 1.807) is 6.20 Å². The number of aromatic nitrogens is 1. The smallest absolute Gasteiger partial charge is 0.195 e. The number of nitrogens with one attached hydrogen (secondary N) is 1. The van der Waals surface area contributed by atoms with Crippen molar-refractivity contribution in [3.63, 3.8) is 0 Å². The third kappa shape index (κ3) is 2.18. The number of aryl methyl sites for hydroxylation is 2. The molecule has 1 heterocycles. The molecule has 0 atom stereocenters. The van der Waals surface area contributed by atoms with E-state index >= 15 is 0 Å². The molecule has 20 heavy (non-hydrogen) atoms. The summed E-state index contributed by atoms with van der Waals surface area (Å²) in [5.74, 6) is 0.0532. The minimum Gasteiger partial charge on any atom is -0.360 e. The van der Waals surface area contributed by atoms with Crippen molar-refractivity contribution in [1.82, 2.24) is 4.98 Å². The summed E-state index contributed by atoms with van der Waals surface area (Å²) in [4.78, 5) is 15.8. The number of halogens is 1. The van der Waals surface area contributed by atoms with Gasteiger partial charge < -0.3 is 4.98 Å². The quantitative estimate of drug-likeness (QED) is 0.675. The Labute approximate surface area is 126 Å². The molecule has 0 aliphatic carbocycles. The molecular weight excluding hydrogens is 314 g/mol.